The summed E-state index contributed by atoms with van der Waals surface area (Å²) >= 11 is 7.58. The van der Waals surface area contributed by atoms with Crippen LogP contribution in [-0.4, -0.2) is 22.6 Å². The van der Waals surface area contributed by atoms with E-state index in [0.717, 1.165) is 5.01 Å². The number of aliphatic hydroxyl groups excluding tert-OH is 1. The lowest BCUT2D eigenvalue weighted by atomic mass is 10.1. The van der Waals surface area contributed by atoms with Crippen molar-refractivity contribution in [3.8, 4) is 11.8 Å². The number of rotatable bonds is 4. The van der Waals surface area contributed by atoms with Gasteiger partial charge < -0.3 is 10.4 Å². The summed E-state index contributed by atoms with van der Waals surface area (Å²) in [4.78, 5) is 16.1. The maximum atomic E-state index is 12.0. The van der Waals surface area contributed by atoms with Gasteiger partial charge in [0.25, 0.3) is 5.91 Å². The number of thiazole rings is 1. The fourth-order valence-electron chi connectivity index (χ4n) is 1.57. The van der Waals surface area contributed by atoms with Gasteiger partial charge in [-0.25, -0.2) is 4.98 Å². The van der Waals surface area contributed by atoms with Gasteiger partial charge >= 0.3 is 0 Å². The predicted octanol–water partition coefficient (Wildman–Crippen LogP) is 2.46. The predicted molar refractivity (Wildman–Crippen MR) is 83.3 cm³/mol. The molecule has 0 saturated heterocycles. The highest BCUT2D eigenvalue weighted by molar-refractivity contribution is 7.09. The molecule has 0 bridgehead atoms. The van der Waals surface area contributed by atoms with Gasteiger partial charge in [0.05, 0.1) is 18.2 Å². The molecule has 4 nitrogen and oxygen atoms in total. The molecular weight excluding hydrogens is 308 g/mol. The number of hydrogen-bond donors (Lipinski definition) is 2. The van der Waals surface area contributed by atoms with Crippen LogP contribution in [-0.2, 0) is 6.54 Å². The molecule has 0 aliphatic carbocycles. The number of carbonyl (C=O) groups excluding carboxylic acids is 1. The van der Waals surface area contributed by atoms with Crippen molar-refractivity contribution in [2.24, 2.45) is 0 Å². The quantitative estimate of drug-likeness (QED) is 0.851. The zero-order valence-corrected chi connectivity index (χ0v) is 12.7. The lowest BCUT2D eigenvalue weighted by molar-refractivity contribution is 0.0951. The molecule has 2 N–H and O–H groups in total. The molecule has 0 unspecified atom stereocenters. The second-order valence-corrected chi connectivity index (χ2v) is 5.46. The molecule has 108 valence electrons. The third-order valence-electron chi connectivity index (χ3n) is 2.57. The Morgan fingerprint density at radius 3 is 3.00 bits per heavy atom. The van der Waals surface area contributed by atoms with Crippen LogP contribution in [0.1, 0.15) is 27.3 Å². The zero-order chi connectivity index (χ0) is 15.1. The van der Waals surface area contributed by atoms with E-state index in [4.69, 9.17) is 16.7 Å². The van der Waals surface area contributed by atoms with Crippen molar-refractivity contribution in [1.29, 1.82) is 0 Å². The van der Waals surface area contributed by atoms with E-state index in [-0.39, 0.29) is 12.5 Å². The third-order valence-corrected chi connectivity index (χ3v) is 3.67. The molecule has 0 spiro atoms. The minimum absolute atomic E-state index is 0.0157. The van der Waals surface area contributed by atoms with E-state index in [1.54, 1.807) is 24.4 Å². The molecule has 0 aliphatic heterocycles. The van der Waals surface area contributed by atoms with Gasteiger partial charge in [0, 0.05) is 29.1 Å². The standard InChI is InChI=1S/C15H13ClN2O2S/c16-13-9-12(5-4-11(13)3-1-2-7-19)15(20)18-10-14-17-6-8-21-14/h4-6,8-9,19H,2,7,10H2,(H,18,20). The molecule has 0 atom stereocenters. The first kappa shape index (κ1) is 15.5. The second kappa shape index (κ2) is 7.79. The van der Waals surface area contributed by atoms with Crippen LogP contribution in [0.15, 0.2) is 29.8 Å². The average Bonchev–Trinajstić information content (AvgIpc) is 3.00. The number of aliphatic hydroxyl groups is 1. The third kappa shape index (κ3) is 4.57. The monoisotopic (exact) mass is 320 g/mol. The number of benzene rings is 1. The smallest absolute Gasteiger partial charge is 0.251 e. The van der Waals surface area contributed by atoms with Gasteiger partial charge in [0.2, 0.25) is 0 Å². The average molecular weight is 321 g/mol. The van der Waals surface area contributed by atoms with Crippen LogP contribution >= 0.6 is 22.9 Å². The molecule has 0 aliphatic rings. The molecule has 2 aromatic rings. The number of amides is 1. The lowest BCUT2D eigenvalue weighted by Crippen LogP contribution is -2.22. The summed E-state index contributed by atoms with van der Waals surface area (Å²) in [5.41, 5.74) is 1.12. The second-order valence-electron chi connectivity index (χ2n) is 4.08. The summed E-state index contributed by atoms with van der Waals surface area (Å²) in [6.45, 7) is 0.411. The van der Waals surface area contributed by atoms with Gasteiger partial charge in [0.15, 0.2) is 0 Å². The Bertz CT molecular complexity index is 675. The van der Waals surface area contributed by atoms with Crippen LogP contribution in [0.5, 0.6) is 0 Å². The summed E-state index contributed by atoms with van der Waals surface area (Å²) < 4.78 is 0. The van der Waals surface area contributed by atoms with Crippen LogP contribution in [0.2, 0.25) is 5.02 Å². The molecule has 0 radical (unpaired) electrons. The number of nitrogens with one attached hydrogen (secondary N) is 1. The summed E-state index contributed by atoms with van der Waals surface area (Å²) in [6.07, 6.45) is 2.09. The van der Waals surface area contributed by atoms with E-state index in [9.17, 15) is 4.79 Å². The number of hydrogen-bond acceptors (Lipinski definition) is 4. The molecular formula is C15H13ClN2O2S. The number of halogens is 1. The Hall–Kier alpha value is -1.87. The number of nitrogens with zero attached hydrogens (tertiary/aromatic N) is 1. The highest BCUT2D eigenvalue weighted by Crippen LogP contribution is 2.17. The van der Waals surface area contributed by atoms with E-state index < -0.39 is 0 Å². The largest absolute Gasteiger partial charge is 0.395 e. The number of aromatic nitrogens is 1. The van der Waals surface area contributed by atoms with Crippen molar-refractivity contribution in [3.63, 3.8) is 0 Å². The van der Waals surface area contributed by atoms with Gasteiger partial charge in [-0.2, -0.15) is 0 Å². The molecule has 0 saturated carbocycles. The maximum absolute atomic E-state index is 12.0. The molecule has 2 rings (SSSR count). The molecule has 21 heavy (non-hydrogen) atoms. The van der Waals surface area contributed by atoms with Gasteiger partial charge in [-0.1, -0.05) is 23.4 Å². The molecule has 6 heteroatoms. The first-order valence-corrected chi connectivity index (χ1v) is 7.52. The minimum Gasteiger partial charge on any atom is -0.395 e. The van der Waals surface area contributed by atoms with Crippen molar-refractivity contribution in [2.45, 2.75) is 13.0 Å². The molecule has 1 aromatic carbocycles. The van der Waals surface area contributed by atoms with Crippen LogP contribution < -0.4 is 5.32 Å². The molecule has 1 amide bonds. The van der Waals surface area contributed by atoms with Crippen LogP contribution in [0.25, 0.3) is 0 Å². The van der Waals surface area contributed by atoms with Gasteiger partial charge in [-0.15, -0.1) is 11.3 Å². The van der Waals surface area contributed by atoms with Crippen molar-refractivity contribution < 1.29 is 9.90 Å². The number of carbonyl (C=O) groups is 1. The Balaban J connectivity index is 2.02. The van der Waals surface area contributed by atoms with Crippen molar-refractivity contribution in [2.75, 3.05) is 6.61 Å². The normalized spacial score (nSPS) is 9.81. The maximum Gasteiger partial charge on any atom is 0.251 e. The van der Waals surface area contributed by atoms with Crippen LogP contribution in [0.3, 0.4) is 0 Å². The first-order chi connectivity index (χ1) is 10.2. The van der Waals surface area contributed by atoms with Crippen LogP contribution in [0, 0.1) is 11.8 Å². The SMILES string of the molecule is O=C(NCc1nccs1)c1ccc(C#CCCO)c(Cl)c1. The van der Waals surface area contributed by atoms with E-state index in [2.05, 4.69) is 22.1 Å². The Labute approximate surface area is 131 Å². The fourth-order valence-corrected chi connectivity index (χ4v) is 2.35. The molecule has 1 heterocycles. The topological polar surface area (TPSA) is 62.2 Å². The highest BCUT2D eigenvalue weighted by Gasteiger charge is 2.08. The van der Waals surface area contributed by atoms with Gasteiger partial charge in [-0.05, 0) is 18.2 Å². The van der Waals surface area contributed by atoms with Crippen molar-refractivity contribution in [1.82, 2.24) is 10.3 Å². The van der Waals surface area contributed by atoms with Gasteiger partial charge in [-0.3, -0.25) is 4.79 Å². The molecule has 1 aromatic heterocycles. The van der Waals surface area contributed by atoms with Crippen molar-refractivity contribution >= 4 is 28.8 Å². The van der Waals surface area contributed by atoms with E-state index in [1.807, 2.05) is 5.38 Å². The fraction of sp³-hybridized carbons (Fsp3) is 0.200. The van der Waals surface area contributed by atoms with Crippen LogP contribution in [0.4, 0.5) is 0 Å². The Morgan fingerprint density at radius 1 is 1.48 bits per heavy atom. The Kier molecular flexibility index (Phi) is 5.76. The highest BCUT2D eigenvalue weighted by atomic mass is 35.5. The lowest BCUT2D eigenvalue weighted by Gasteiger charge is -2.04. The zero-order valence-electron chi connectivity index (χ0n) is 11.1. The first-order valence-electron chi connectivity index (χ1n) is 6.26. The minimum atomic E-state index is -0.207. The van der Waals surface area contributed by atoms with Crippen molar-refractivity contribution in [3.05, 3.63) is 50.9 Å². The summed E-state index contributed by atoms with van der Waals surface area (Å²) in [6, 6.07) is 4.96. The van der Waals surface area contributed by atoms with E-state index in [1.165, 1.54) is 11.3 Å². The van der Waals surface area contributed by atoms with Gasteiger partial charge in [0.1, 0.15) is 5.01 Å². The Morgan fingerprint density at radius 2 is 2.33 bits per heavy atom. The molecule has 0 fully saturated rings. The summed E-state index contributed by atoms with van der Waals surface area (Å²) in [7, 11) is 0. The summed E-state index contributed by atoms with van der Waals surface area (Å²) in [5.74, 6) is 5.44. The summed E-state index contributed by atoms with van der Waals surface area (Å²) in [5, 5.41) is 14.6. The van der Waals surface area contributed by atoms with E-state index >= 15 is 0 Å². The van der Waals surface area contributed by atoms with E-state index in [0.29, 0.717) is 29.1 Å².